The normalized spacial score (nSPS) is 19.5. The van der Waals surface area contributed by atoms with Crippen molar-refractivity contribution in [3.8, 4) is 11.4 Å². The molecule has 2 aliphatic heterocycles. The summed E-state index contributed by atoms with van der Waals surface area (Å²) in [5.41, 5.74) is 0.901. The second-order valence-electron chi connectivity index (χ2n) is 7.38. The first-order valence-electron chi connectivity index (χ1n) is 9.05. The van der Waals surface area contributed by atoms with Crippen molar-refractivity contribution in [3.63, 3.8) is 0 Å². The van der Waals surface area contributed by atoms with Crippen molar-refractivity contribution in [1.82, 2.24) is 24.2 Å². The summed E-state index contributed by atoms with van der Waals surface area (Å²) in [6.07, 6.45) is 5.05. The average Bonchev–Trinajstić information content (AvgIpc) is 3.14. The van der Waals surface area contributed by atoms with Crippen LogP contribution in [0.5, 0.6) is 0 Å². The third-order valence-corrected chi connectivity index (χ3v) is 5.48. The molecule has 4 heterocycles. The molecule has 4 rings (SSSR count). The number of nitrogens with zero attached hydrogens (tertiary/aromatic N) is 5. The lowest BCUT2D eigenvalue weighted by molar-refractivity contribution is 0.0638. The van der Waals surface area contributed by atoms with Crippen molar-refractivity contribution in [2.24, 2.45) is 5.41 Å². The Kier molecular flexibility index (Phi) is 5.15. The topological polar surface area (TPSA) is 84.8 Å². The Labute approximate surface area is 166 Å². The number of alkyl halides is 2. The molecule has 2 fully saturated rings. The number of anilines is 1. The fourth-order valence-electron chi connectivity index (χ4n) is 3.85. The zero-order valence-corrected chi connectivity index (χ0v) is 16.0. The Balaban J connectivity index is 1.49. The number of hydrogen-bond acceptors (Lipinski definition) is 7. The molecule has 0 atom stereocenters. The van der Waals surface area contributed by atoms with E-state index in [1.54, 1.807) is 6.20 Å². The summed E-state index contributed by atoms with van der Waals surface area (Å²) in [6, 6.07) is 1.92. The molecular weight excluding hydrogens is 384 g/mol. The van der Waals surface area contributed by atoms with Gasteiger partial charge in [0.25, 0.3) is 6.43 Å². The Morgan fingerprint density at radius 2 is 2.11 bits per heavy atom. The van der Waals surface area contributed by atoms with Crippen LogP contribution in [-0.2, 0) is 0 Å². The maximum atomic E-state index is 12.4. The van der Waals surface area contributed by atoms with Crippen molar-refractivity contribution < 1.29 is 8.78 Å². The predicted molar refractivity (Wildman–Crippen MR) is 107 cm³/mol. The van der Waals surface area contributed by atoms with Gasteiger partial charge in [0, 0.05) is 37.7 Å². The quantitative estimate of drug-likeness (QED) is 0.526. The molecule has 0 aromatic carbocycles. The van der Waals surface area contributed by atoms with Crippen LogP contribution in [0.15, 0.2) is 24.7 Å². The lowest BCUT2D eigenvalue weighted by atomic mass is 9.75. The first-order valence-corrected chi connectivity index (χ1v) is 9.45. The Morgan fingerprint density at radius 3 is 2.86 bits per heavy atom. The van der Waals surface area contributed by atoms with Gasteiger partial charge in [-0.1, -0.05) is 12.8 Å². The zero-order valence-electron chi connectivity index (χ0n) is 15.1. The first kappa shape index (κ1) is 19.0. The molecule has 0 saturated carbocycles. The number of rotatable bonds is 5. The molecule has 28 heavy (non-hydrogen) atoms. The molecule has 148 valence electrons. The van der Waals surface area contributed by atoms with Gasteiger partial charge < -0.3 is 9.88 Å². The Morgan fingerprint density at radius 1 is 1.29 bits per heavy atom. The summed E-state index contributed by atoms with van der Waals surface area (Å²) >= 11 is 4.41. The molecule has 10 heteroatoms. The smallest absolute Gasteiger partial charge is 0.279 e. The van der Waals surface area contributed by atoms with Gasteiger partial charge in [0.1, 0.15) is 18.0 Å². The SMILES string of the molecule is N=C(/C=C\c1ncc(-c2cc(N3CCCC4(CN(S)C4)C3)ncn2)[nH]1)C(F)F. The van der Waals surface area contributed by atoms with Crippen LogP contribution >= 0.6 is 12.8 Å². The second-order valence-corrected chi connectivity index (χ2v) is 7.95. The number of imidazole rings is 1. The van der Waals surface area contributed by atoms with Gasteiger partial charge in [-0.05, 0) is 25.0 Å². The average molecular weight is 405 g/mol. The minimum Gasteiger partial charge on any atom is -0.356 e. The molecule has 2 N–H and O–H groups in total. The predicted octanol–water partition coefficient (Wildman–Crippen LogP) is 2.91. The van der Waals surface area contributed by atoms with Crippen LogP contribution in [-0.4, -0.2) is 62.6 Å². The third-order valence-electron chi connectivity index (χ3n) is 5.20. The molecule has 0 aliphatic carbocycles. The van der Waals surface area contributed by atoms with Crippen LogP contribution in [0.25, 0.3) is 17.5 Å². The summed E-state index contributed by atoms with van der Waals surface area (Å²) in [7, 11) is 0. The second kappa shape index (κ2) is 7.59. The molecular formula is C18H21F2N7S. The van der Waals surface area contributed by atoms with E-state index in [0.717, 1.165) is 44.5 Å². The maximum absolute atomic E-state index is 12.4. The highest BCUT2D eigenvalue weighted by molar-refractivity contribution is 7.77. The fourth-order valence-corrected chi connectivity index (χ4v) is 4.45. The number of hydrogen-bond donors (Lipinski definition) is 3. The molecule has 2 aromatic rings. The van der Waals surface area contributed by atoms with Gasteiger partial charge in [-0.25, -0.2) is 23.7 Å². The summed E-state index contributed by atoms with van der Waals surface area (Å²) in [6.45, 7) is 3.90. The zero-order chi connectivity index (χ0) is 19.7. The molecule has 2 aromatic heterocycles. The highest BCUT2D eigenvalue weighted by Gasteiger charge is 2.44. The number of halogens is 2. The van der Waals surface area contributed by atoms with E-state index in [1.165, 1.54) is 18.8 Å². The van der Waals surface area contributed by atoms with Crippen molar-refractivity contribution in [2.45, 2.75) is 19.3 Å². The Bertz CT molecular complexity index is 886. The fraction of sp³-hybridized carbons (Fsp3) is 0.444. The van der Waals surface area contributed by atoms with Crippen molar-refractivity contribution in [2.75, 3.05) is 31.1 Å². The molecule has 0 bridgehead atoms. The van der Waals surface area contributed by atoms with Crippen LogP contribution in [0, 0.1) is 10.8 Å². The number of aromatic nitrogens is 4. The van der Waals surface area contributed by atoms with Crippen molar-refractivity contribution >= 4 is 30.4 Å². The van der Waals surface area contributed by atoms with E-state index in [-0.39, 0.29) is 0 Å². The molecule has 0 radical (unpaired) electrons. The van der Waals surface area contributed by atoms with Gasteiger partial charge in [0.05, 0.1) is 23.3 Å². The monoisotopic (exact) mass is 405 g/mol. The summed E-state index contributed by atoms with van der Waals surface area (Å²) in [5.74, 6) is 1.26. The van der Waals surface area contributed by atoms with E-state index in [9.17, 15) is 8.78 Å². The number of allylic oxidation sites excluding steroid dienone is 1. The first-order chi connectivity index (χ1) is 13.4. The standard InChI is InChI=1S/C18H21F2N7S/c19-17(20)12(21)2-3-15-22-7-14(25-15)13-6-16(24-11-23-13)26-5-1-4-18(8-26)9-27(28)10-18/h2-3,6-7,11,17,21,28H,1,4-5,8-10H2,(H,22,25)/b3-2-,21-12?. The van der Waals surface area contributed by atoms with Gasteiger partial charge in [-0.2, -0.15) is 0 Å². The molecule has 1 spiro atoms. The van der Waals surface area contributed by atoms with E-state index in [4.69, 9.17) is 5.41 Å². The number of thiol groups is 1. The van der Waals surface area contributed by atoms with Gasteiger partial charge in [-0.15, -0.1) is 0 Å². The van der Waals surface area contributed by atoms with Crippen LogP contribution in [0.2, 0.25) is 0 Å². The maximum Gasteiger partial charge on any atom is 0.279 e. The highest BCUT2D eigenvalue weighted by Crippen LogP contribution is 2.40. The van der Waals surface area contributed by atoms with Crippen LogP contribution in [0.4, 0.5) is 14.6 Å². The molecule has 2 aliphatic rings. The highest BCUT2D eigenvalue weighted by atomic mass is 32.1. The van der Waals surface area contributed by atoms with Gasteiger partial charge in [-0.3, -0.25) is 9.71 Å². The number of nitrogens with one attached hydrogen (secondary N) is 2. The lowest BCUT2D eigenvalue weighted by Gasteiger charge is -2.53. The largest absolute Gasteiger partial charge is 0.356 e. The molecule has 0 unspecified atom stereocenters. The summed E-state index contributed by atoms with van der Waals surface area (Å²) in [5, 5.41) is 7.16. The van der Waals surface area contributed by atoms with Crippen LogP contribution < -0.4 is 4.90 Å². The molecule has 0 amide bonds. The van der Waals surface area contributed by atoms with Crippen molar-refractivity contribution in [3.05, 3.63) is 30.5 Å². The van der Waals surface area contributed by atoms with E-state index >= 15 is 0 Å². The van der Waals surface area contributed by atoms with Gasteiger partial charge in [0.15, 0.2) is 0 Å². The minimum atomic E-state index is -2.80. The Hall–Kier alpha value is -2.33. The van der Waals surface area contributed by atoms with Crippen LogP contribution in [0.1, 0.15) is 18.7 Å². The summed E-state index contributed by atoms with van der Waals surface area (Å²) < 4.78 is 26.8. The third kappa shape index (κ3) is 3.93. The minimum absolute atomic E-state index is 0.298. The number of H-pyrrole nitrogens is 1. The van der Waals surface area contributed by atoms with Gasteiger partial charge in [0.2, 0.25) is 0 Å². The van der Waals surface area contributed by atoms with E-state index in [0.29, 0.717) is 22.6 Å². The van der Waals surface area contributed by atoms with Crippen molar-refractivity contribution in [1.29, 1.82) is 5.41 Å². The number of aromatic amines is 1. The van der Waals surface area contributed by atoms with E-state index in [2.05, 4.69) is 37.7 Å². The number of piperidine rings is 1. The summed E-state index contributed by atoms with van der Waals surface area (Å²) in [4.78, 5) is 18.2. The van der Waals surface area contributed by atoms with Crippen LogP contribution in [0.3, 0.4) is 0 Å². The van der Waals surface area contributed by atoms with E-state index < -0.39 is 12.1 Å². The van der Waals surface area contributed by atoms with E-state index in [1.807, 2.05) is 10.4 Å². The lowest BCUT2D eigenvalue weighted by Crippen LogP contribution is -2.60. The van der Waals surface area contributed by atoms with Gasteiger partial charge >= 0.3 is 0 Å². The molecule has 2 saturated heterocycles. The molecule has 7 nitrogen and oxygen atoms in total.